The highest BCUT2D eigenvalue weighted by Gasteiger charge is 2.26. The van der Waals surface area contributed by atoms with Crippen LogP contribution in [-0.2, 0) is 0 Å². The highest BCUT2D eigenvalue weighted by Crippen LogP contribution is 2.25. The monoisotopic (exact) mass is 395 g/mol. The van der Waals surface area contributed by atoms with Crippen LogP contribution in [0.3, 0.4) is 0 Å². The van der Waals surface area contributed by atoms with E-state index in [1.54, 1.807) is 25.3 Å². The van der Waals surface area contributed by atoms with Crippen LogP contribution < -0.4 is 33.5 Å². The molecule has 1 aromatic rings. The lowest BCUT2D eigenvalue weighted by Gasteiger charge is -2.26. The van der Waals surface area contributed by atoms with E-state index in [0.29, 0.717) is 28.1 Å². The minimum absolute atomic E-state index is 0. The summed E-state index contributed by atoms with van der Waals surface area (Å²) in [7, 11) is 8.78. The highest BCUT2D eigenvalue weighted by atomic mass is 127. The van der Waals surface area contributed by atoms with Crippen molar-refractivity contribution in [2.24, 2.45) is 0 Å². The molecule has 0 aromatic heterocycles. The molecule has 1 atom stereocenters. The zero-order valence-electron chi connectivity index (χ0n) is 12.5. The number of quaternary nitrogens is 1. The Morgan fingerprint density at radius 1 is 1.25 bits per heavy atom. The molecule has 0 spiro atoms. The van der Waals surface area contributed by atoms with Crippen LogP contribution in [0.25, 0.3) is 0 Å². The van der Waals surface area contributed by atoms with Gasteiger partial charge in [0.15, 0.2) is 6.10 Å². The number of hydrogen-bond donors (Lipinski definition) is 1. The zero-order valence-corrected chi connectivity index (χ0v) is 14.7. The van der Waals surface area contributed by atoms with Gasteiger partial charge < -0.3 is 43.0 Å². The van der Waals surface area contributed by atoms with E-state index in [0.717, 1.165) is 0 Å². The smallest absolute Gasteiger partial charge is 0.200 e. The van der Waals surface area contributed by atoms with Gasteiger partial charge >= 0.3 is 0 Å². The minimum Gasteiger partial charge on any atom is -1.00 e. The zero-order chi connectivity index (χ0) is 14.6. The van der Waals surface area contributed by atoms with Crippen LogP contribution in [0.15, 0.2) is 18.2 Å². The molecule has 1 rings (SSSR count). The van der Waals surface area contributed by atoms with Crippen molar-refractivity contribution in [3.63, 3.8) is 0 Å². The lowest BCUT2D eigenvalue weighted by Crippen LogP contribution is -3.00. The molecule has 0 radical (unpaired) electrons. The molecule has 1 unspecified atom stereocenters. The molecule has 5 nitrogen and oxygen atoms in total. The van der Waals surface area contributed by atoms with E-state index in [1.807, 2.05) is 21.1 Å². The molecule has 0 heterocycles. The Balaban J connectivity index is 0.00000361. The van der Waals surface area contributed by atoms with Crippen molar-refractivity contribution in [1.82, 2.24) is 0 Å². The predicted octanol–water partition coefficient (Wildman–Crippen LogP) is -2.04. The SMILES string of the molecule is COc1ccc(C(=O)C(O)C[N+](C)(C)C)c(OC)c1.[I-]. The predicted molar refractivity (Wildman–Crippen MR) is 72.8 cm³/mol. The lowest BCUT2D eigenvalue weighted by atomic mass is 10.0. The molecule has 20 heavy (non-hydrogen) atoms. The van der Waals surface area contributed by atoms with Crippen molar-refractivity contribution < 1.29 is 47.8 Å². The number of aliphatic hydroxyl groups excluding tert-OH is 1. The summed E-state index contributed by atoms with van der Waals surface area (Å²) < 4.78 is 10.8. The Morgan fingerprint density at radius 3 is 2.30 bits per heavy atom. The van der Waals surface area contributed by atoms with Gasteiger partial charge in [0.1, 0.15) is 18.0 Å². The molecular formula is C14H22INO4. The van der Waals surface area contributed by atoms with Gasteiger partial charge in [0.2, 0.25) is 5.78 Å². The maximum atomic E-state index is 12.2. The summed E-state index contributed by atoms with van der Waals surface area (Å²) in [6.45, 7) is 0.341. The van der Waals surface area contributed by atoms with Crippen LogP contribution in [0.4, 0.5) is 0 Å². The van der Waals surface area contributed by atoms with Crippen LogP contribution in [-0.4, -0.2) is 63.4 Å². The maximum absolute atomic E-state index is 12.2. The van der Waals surface area contributed by atoms with Gasteiger partial charge in [-0.3, -0.25) is 4.79 Å². The third kappa shape index (κ3) is 5.26. The van der Waals surface area contributed by atoms with E-state index >= 15 is 0 Å². The molecular weight excluding hydrogens is 373 g/mol. The van der Waals surface area contributed by atoms with Crippen molar-refractivity contribution in [1.29, 1.82) is 0 Å². The number of benzene rings is 1. The molecule has 0 saturated heterocycles. The summed E-state index contributed by atoms with van der Waals surface area (Å²) in [6, 6.07) is 4.92. The molecule has 0 bridgehead atoms. The first kappa shape index (κ1) is 19.1. The summed E-state index contributed by atoms with van der Waals surface area (Å²) in [6.07, 6.45) is -1.05. The number of likely N-dealkylation sites (N-methyl/N-ethyl adjacent to an activating group) is 1. The number of methoxy groups -OCH3 is 2. The molecule has 0 saturated carbocycles. The Bertz CT molecular complexity index is 457. The summed E-state index contributed by atoms with van der Waals surface area (Å²) in [4.78, 5) is 12.2. The fraction of sp³-hybridized carbons (Fsp3) is 0.500. The Hall–Kier alpha value is -0.860. The molecule has 0 aliphatic rings. The van der Waals surface area contributed by atoms with Crippen molar-refractivity contribution in [3.05, 3.63) is 23.8 Å². The van der Waals surface area contributed by atoms with Gasteiger partial charge in [-0.05, 0) is 12.1 Å². The van der Waals surface area contributed by atoms with Crippen molar-refractivity contribution >= 4 is 5.78 Å². The standard InChI is InChI=1S/C14H22NO4.HI/c1-15(2,3)9-12(16)14(17)11-7-6-10(18-4)8-13(11)19-5;/h6-8,12,16H,9H2,1-5H3;1H/q+1;/p-1. The molecule has 0 aliphatic carbocycles. The van der Waals surface area contributed by atoms with Crippen molar-refractivity contribution in [2.45, 2.75) is 6.10 Å². The highest BCUT2D eigenvalue weighted by molar-refractivity contribution is 6.01. The van der Waals surface area contributed by atoms with Gasteiger partial charge in [-0.15, -0.1) is 0 Å². The number of halogens is 1. The minimum atomic E-state index is -1.05. The van der Waals surface area contributed by atoms with Crippen LogP contribution in [0, 0.1) is 0 Å². The van der Waals surface area contributed by atoms with Crippen LogP contribution >= 0.6 is 0 Å². The topological polar surface area (TPSA) is 55.8 Å². The van der Waals surface area contributed by atoms with Crippen LogP contribution in [0.5, 0.6) is 11.5 Å². The first-order valence-corrected chi connectivity index (χ1v) is 6.03. The largest absolute Gasteiger partial charge is 1.00 e. The van der Waals surface area contributed by atoms with E-state index < -0.39 is 6.10 Å². The second-order valence-electron chi connectivity index (χ2n) is 5.42. The van der Waals surface area contributed by atoms with E-state index in [-0.39, 0.29) is 29.8 Å². The normalized spacial score (nSPS) is 12.3. The molecule has 1 N–H and O–H groups in total. The Labute approximate surface area is 137 Å². The fourth-order valence-electron chi connectivity index (χ4n) is 1.78. The number of aliphatic hydroxyl groups is 1. The van der Waals surface area contributed by atoms with E-state index in [2.05, 4.69) is 0 Å². The third-order valence-electron chi connectivity index (χ3n) is 2.70. The first-order valence-electron chi connectivity index (χ1n) is 6.03. The molecule has 0 aliphatic heterocycles. The van der Waals surface area contributed by atoms with Gasteiger partial charge in [-0.25, -0.2) is 0 Å². The molecule has 1 aromatic carbocycles. The van der Waals surface area contributed by atoms with Gasteiger partial charge in [0.25, 0.3) is 0 Å². The van der Waals surface area contributed by atoms with E-state index in [1.165, 1.54) is 7.11 Å². The first-order chi connectivity index (χ1) is 8.78. The number of hydrogen-bond acceptors (Lipinski definition) is 4. The summed E-state index contributed by atoms with van der Waals surface area (Å²) >= 11 is 0. The number of Topliss-reactive ketones (excluding diaryl/α,β-unsaturated/α-hetero) is 1. The molecule has 0 fully saturated rings. The molecule has 6 heteroatoms. The van der Waals surface area contributed by atoms with Gasteiger partial charge in [-0.1, -0.05) is 0 Å². The number of ketones is 1. The molecule has 0 amide bonds. The number of carbonyl (C=O) groups is 1. The Kier molecular flexibility index (Phi) is 7.46. The Morgan fingerprint density at radius 2 is 1.85 bits per heavy atom. The lowest BCUT2D eigenvalue weighted by molar-refractivity contribution is -0.872. The second kappa shape index (κ2) is 7.80. The van der Waals surface area contributed by atoms with Crippen molar-refractivity contribution in [2.75, 3.05) is 41.9 Å². The quantitative estimate of drug-likeness (QED) is 0.343. The second-order valence-corrected chi connectivity index (χ2v) is 5.42. The number of ether oxygens (including phenoxy) is 2. The number of carbonyl (C=O) groups excluding carboxylic acids is 1. The number of rotatable bonds is 6. The van der Waals surface area contributed by atoms with E-state index in [9.17, 15) is 9.90 Å². The summed E-state index contributed by atoms with van der Waals surface area (Å²) in [5.41, 5.74) is 0.365. The summed E-state index contributed by atoms with van der Waals surface area (Å²) in [5, 5.41) is 10.0. The summed E-state index contributed by atoms with van der Waals surface area (Å²) in [5.74, 6) is 0.673. The van der Waals surface area contributed by atoms with Crippen LogP contribution in [0.1, 0.15) is 10.4 Å². The number of nitrogens with zero attached hydrogens (tertiary/aromatic N) is 1. The molecule has 114 valence electrons. The third-order valence-corrected chi connectivity index (χ3v) is 2.70. The average molecular weight is 395 g/mol. The van der Waals surface area contributed by atoms with Crippen LogP contribution in [0.2, 0.25) is 0 Å². The maximum Gasteiger partial charge on any atom is 0.200 e. The van der Waals surface area contributed by atoms with Gasteiger partial charge in [0.05, 0.1) is 40.9 Å². The van der Waals surface area contributed by atoms with Gasteiger partial charge in [-0.2, -0.15) is 0 Å². The fourth-order valence-corrected chi connectivity index (χ4v) is 1.78. The van der Waals surface area contributed by atoms with Crippen molar-refractivity contribution in [3.8, 4) is 11.5 Å². The van der Waals surface area contributed by atoms with Gasteiger partial charge in [0, 0.05) is 6.07 Å². The average Bonchev–Trinajstić information content (AvgIpc) is 2.35. The van der Waals surface area contributed by atoms with E-state index in [4.69, 9.17) is 9.47 Å².